The molecule has 10 nitrogen and oxygen atoms in total. The number of aromatic amines is 1. The molecule has 1 fully saturated rings. The third-order valence-corrected chi connectivity index (χ3v) is 6.36. The maximum Gasteiger partial charge on any atom is 0.229 e. The summed E-state index contributed by atoms with van der Waals surface area (Å²) in [4.78, 5) is 23.5. The highest BCUT2D eigenvalue weighted by atomic mass is 32.2. The number of thiocarbonyl (C=S) groups is 1. The average molecular weight is 506 g/mol. The summed E-state index contributed by atoms with van der Waals surface area (Å²) in [5, 5.41) is 10.2. The maximum atomic E-state index is 5.50. The Kier molecular flexibility index (Phi) is 11.0. The first-order chi connectivity index (χ1) is 16.5. The molecule has 1 saturated heterocycles. The number of hydrogen-bond acceptors (Lipinski definition) is 8. The van der Waals surface area contributed by atoms with Crippen LogP contribution in [0.15, 0.2) is 17.4 Å². The number of nitrogens with zero attached hydrogens (tertiary/aromatic N) is 5. The monoisotopic (exact) mass is 505 g/mol. The van der Waals surface area contributed by atoms with E-state index >= 15 is 0 Å². The van der Waals surface area contributed by atoms with E-state index in [4.69, 9.17) is 17.0 Å². The van der Waals surface area contributed by atoms with Gasteiger partial charge in [0.05, 0.1) is 31.8 Å². The molecule has 12 heteroatoms. The van der Waals surface area contributed by atoms with E-state index in [0.29, 0.717) is 23.6 Å². The van der Waals surface area contributed by atoms with E-state index in [9.17, 15) is 0 Å². The number of anilines is 1. The number of morpholine rings is 1. The largest absolute Gasteiger partial charge is 0.379 e. The molecule has 186 valence electrons. The fourth-order valence-corrected chi connectivity index (χ4v) is 4.45. The molecule has 1 aliphatic rings. The Morgan fingerprint density at radius 3 is 2.71 bits per heavy atom. The number of guanidine groups is 1. The zero-order chi connectivity index (χ0) is 24.2. The van der Waals surface area contributed by atoms with Crippen molar-refractivity contribution >= 4 is 41.0 Å². The lowest BCUT2D eigenvalue weighted by Crippen LogP contribution is -2.44. The minimum Gasteiger partial charge on any atom is -0.379 e. The van der Waals surface area contributed by atoms with Crippen LogP contribution in [0.2, 0.25) is 0 Å². The van der Waals surface area contributed by atoms with Crippen molar-refractivity contribution in [2.24, 2.45) is 4.99 Å². The third-order valence-electron chi connectivity index (χ3n) is 5.16. The Morgan fingerprint density at radius 2 is 2.00 bits per heavy atom. The molecule has 0 amide bonds. The Labute approximate surface area is 211 Å². The second-order valence-electron chi connectivity index (χ2n) is 8.04. The molecule has 3 heterocycles. The second-order valence-corrected chi connectivity index (χ2v) is 9.56. The van der Waals surface area contributed by atoms with E-state index in [1.807, 2.05) is 26.8 Å². The highest BCUT2D eigenvalue weighted by molar-refractivity contribution is 7.98. The van der Waals surface area contributed by atoms with Crippen LogP contribution in [-0.4, -0.2) is 87.6 Å². The van der Waals surface area contributed by atoms with Crippen LogP contribution in [0.4, 0.5) is 5.95 Å². The number of rotatable bonds is 10. The molecule has 2 aromatic heterocycles. The number of aryl methyl sites for hydroxylation is 3. The van der Waals surface area contributed by atoms with E-state index in [-0.39, 0.29) is 0 Å². The van der Waals surface area contributed by atoms with Crippen LogP contribution in [0.3, 0.4) is 0 Å². The normalized spacial score (nSPS) is 14.7. The van der Waals surface area contributed by atoms with E-state index in [1.54, 1.807) is 18.1 Å². The number of thioether (sulfide) groups is 1. The molecule has 0 aromatic carbocycles. The van der Waals surface area contributed by atoms with Crippen LogP contribution in [0.1, 0.15) is 29.2 Å². The summed E-state index contributed by atoms with van der Waals surface area (Å²) in [7, 11) is 0. The molecule has 0 unspecified atom stereocenters. The van der Waals surface area contributed by atoms with Crippen LogP contribution in [0, 0.1) is 20.8 Å². The summed E-state index contributed by atoms with van der Waals surface area (Å²) in [6.45, 7) is 12.0. The van der Waals surface area contributed by atoms with Crippen molar-refractivity contribution in [1.82, 2.24) is 35.5 Å². The van der Waals surface area contributed by atoms with Gasteiger partial charge in [0.25, 0.3) is 0 Å². The average Bonchev–Trinajstić information content (AvgIpc) is 3.21. The number of hydrogen-bond donors (Lipinski definition) is 4. The number of nitrogens with one attached hydrogen (secondary N) is 4. The van der Waals surface area contributed by atoms with E-state index < -0.39 is 0 Å². The van der Waals surface area contributed by atoms with E-state index in [0.717, 1.165) is 80.1 Å². The van der Waals surface area contributed by atoms with E-state index in [2.05, 4.69) is 45.8 Å². The van der Waals surface area contributed by atoms with Gasteiger partial charge in [-0.1, -0.05) is 0 Å². The van der Waals surface area contributed by atoms with Gasteiger partial charge in [0, 0.05) is 48.2 Å². The number of imidazole rings is 1. The Hall–Kier alpha value is -2.28. The fraction of sp³-hybridized carbons (Fsp3) is 0.591. The summed E-state index contributed by atoms with van der Waals surface area (Å²) < 4.78 is 5.40. The van der Waals surface area contributed by atoms with Crippen molar-refractivity contribution in [3.63, 3.8) is 0 Å². The smallest absolute Gasteiger partial charge is 0.229 e. The predicted octanol–water partition coefficient (Wildman–Crippen LogP) is 2.01. The van der Waals surface area contributed by atoms with Gasteiger partial charge in [0.15, 0.2) is 5.11 Å². The van der Waals surface area contributed by atoms with Crippen molar-refractivity contribution in [2.75, 3.05) is 57.0 Å². The lowest BCUT2D eigenvalue weighted by atomic mass is 10.3. The summed E-state index contributed by atoms with van der Waals surface area (Å²) in [6.07, 6.45) is 2.74. The predicted molar refractivity (Wildman–Crippen MR) is 143 cm³/mol. The van der Waals surface area contributed by atoms with Gasteiger partial charge in [-0.05, 0) is 52.0 Å². The van der Waals surface area contributed by atoms with Gasteiger partial charge in [0.1, 0.15) is 0 Å². The van der Waals surface area contributed by atoms with Crippen LogP contribution in [0.25, 0.3) is 0 Å². The van der Waals surface area contributed by atoms with Crippen molar-refractivity contribution in [1.29, 1.82) is 0 Å². The molecule has 1 aliphatic heterocycles. The molecule has 0 aliphatic carbocycles. The van der Waals surface area contributed by atoms with Gasteiger partial charge < -0.3 is 20.4 Å². The summed E-state index contributed by atoms with van der Waals surface area (Å²) >= 11 is 7.29. The first-order valence-electron chi connectivity index (χ1n) is 11.5. The first-order valence-corrected chi connectivity index (χ1v) is 13.1. The molecular weight excluding hydrogens is 470 g/mol. The summed E-state index contributed by atoms with van der Waals surface area (Å²) in [6, 6.07) is 1.93. The second kappa shape index (κ2) is 14.2. The highest BCUT2D eigenvalue weighted by Crippen LogP contribution is 2.12. The lowest BCUT2D eigenvalue weighted by Gasteiger charge is -2.26. The minimum atomic E-state index is 0.499. The molecule has 0 atom stereocenters. The molecule has 0 saturated carbocycles. The highest BCUT2D eigenvalue weighted by Gasteiger charge is 2.10. The van der Waals surface area contributed by atoms with Gasteiger partial charge in [-0.2, -0.15) is 11.8 Å². The summed E-state index contributed by atoms with van der Waals surface area (Å²) in [5.74, 6) is 2.74. The fourth-order valence-electron chi connectivity index (χ4n) is 3.40. The Morgan fingerprint density at radius 1 is 1.24 bits per heavy atom. The topological polar surface area (TPSA) is 115 Å². The lowest BCUT2D eigenvalue weighted by molar-refractivity contribution is 0.0376. The van der Waals surface area contributed by atoms with Crippen LogP contribution >= 0.6 is 24.0 Å². The Balaban J connectivity index is 1.48. The number of aliphatic imine (C=N–C) groups is 1. The number of H-pyrrole nitrogens is 1. The van der Waals surface area contributed by atoms with Gasteiger partial charge in [0.2, 0.25) is 11.9 Å². The third kappa shape index (κ3) is 9.53. The molecule has 0 bridgehead atoms. The molecule has 0 spiro atoms. The van der Waals surface area contributed by atoms with Gasteiger partial charge in [-0.15, -0.1) is 0 Å². The van der Waals surface area contributed by atoms with Crippen molar-refractivity contribution in [2.45, 2.75) is 32.9 Å². The molecule has 3 rings (SSSR count). The van der Waals surface area contributed by atoms with Crippen LogP contribution in [-0.2, 0) is 10.5 Å². The molecular formula is C22H35N9OS2. The Bertz CT molecular complexity index is 924. The number of aromatic nitrogens is 4. The van der Waals surface area contributed by atoms with E-state index in [1.165, 1.54) is 0 Å². The van der Waals surface area contributed by atoms with Crippen molar-refractivity contribution in [3.8, 4) is 0 Å². The molecule has 0 radical (unpaired) electrons. The van der Waals surface area contributed by atoms with Crippen molar-refractivity contribution in [3.05, 3.63) is 35.2 Å². The first kappa shape index (κ1) is 26.3. The quantitative estimate of drug-likeness (QED) is 0.165. The molecule has 4 N–H and O–H groups in total. The SMILES string of the molecule is Cc1cc(C)nc(NC(=NCCSCc2nc[nH]c2C)NC(=S)NCCCN2CCOCC2)n1. The standard InChI is InChI=1S/C22H35N9OS2/c1-16-13-17(2)28-21(27-16)29-20(23-6-12-34-14-19-18(3)25-15-26-19)30-22(33)24-5-4-7-31-8-10-32-11-9-31/h13,15H,4-12,14H2,1-3H3,(H,25,26)(H3,23,24,27,28,29,30,33). The van der Waals surface area contributed by atoms with Gasteiger partial charge in [-0.25, -0.2) is 15.0 Å². The number of ether oxygens (including phenoxy) is 1. The zero-order valence-electron chi connectivity index (χ0n) is 20.2. The zero-order valence-corrected chi connectivity index (χ0v) is 21.8. The minimum absolute atomic E-state index is 0.499. The summed E-state index contributed by atoms with van der Waals surface area (Å²) in [5.41, 5.74) is 3.97. The van der Waals surface area contributed by atoms with Crippen LogP contribution < -0.4 is 16.0 Å². The maximum absolute atomic E-state index is 5.50. The molecule has 34 heavy (non-hydrogen) atoms. The van der Waals surface area contributed by atoms with Gasteiger partial charge in [-0.3, -0.25) is 15.2 Å². The molecule has 2 aromatic rings. The van der Waals surface area contributed by atoms with Crippen molar-refractivity contribution < 1.29 is 4.74 Å². The van der Waals surface area contributed by atoms with Gasteiger partial charge >= 0.3 is 0 Å². The van der Waals surface area contributed by atoms with Crippen LogP contribution in [0.5, 0.6) is 0 Å².